The molecule has 1 atom stereocenters. The molecule has 2 aliphatic rings. The van der Waals surface area contributed by atoms with Gasteiger partial charge in [-0.05, 0) is 50.3 Å². The molecule has 0 unspecified atom stereocenters. The normalized spacial score (nSPS) is 19.5. The molecule has 2 heterocycles. The summed E-state index contributed by atoms with van der Waals surface area (Å²) in [5.41, 5.74) is 2.97. The fourth-order valence-corrected chi connectivity index (χ4v) is 3.95. The number of aromatic amines is 1. The number of pyridine rings is 2. The Morgan fingerprint density at radius 2 is 1.96 bits per heavy atom. The van der Waals surface area contributed by atoms with E-state index in [9.17, 15) is 14.4 Å². The van der Waals surface area contributed by atoms with Crippen molar-refractivity contribution in [3.8, 4) is 0 Å². The number of aromatic nitrogens is 2. The molecular weight excluding hydrogens is 340 g/mol. The third-order valence-corrected chi connectivity index (χ3v) is 5.31. The number of hydrogen-bond acceptors (Lipinski definition) is 4. The summed E-state index contributed by atoms with van der Waals surface area (Å²) in [5, 5.41) is 0.384. The lowest BCUT2D eigenvalue weighted by atomic mass is 9.81. The van der Waals surface area contributed by atoms with Gasteiger partial charge in [-0.1, -0.05) is 11.6 Å². The van der Waals surface area contributed by atoms with Crippen LogP contribution >= 0.6 is 11.6 Å². The molecule has 4 rings (SSSR count). The van der Waals surface area contributed by atoms with Gasteiger partial charge in [0.25, 0.3) is 5.56 Å². The van der Waals surface area contributed by atoms with Gasteiger partial charge in [0.05, 0.1) is 5.69 Å². The number of H-pyrrole nitrogens is 1. The maximum atomic E-state index is 12.7. The minimum absolute atomic E-state index is 0.00568. The Morgan fingerprint density at radius 1 is 1.12 bits per heavy atom. The highest BCUT2D eigenvalue weighted by Crippen LogP contribution is 2.28. The SMILES string of the molecule is O=C1CCCc2[nH]c(=O)c(C[C@H]3CCc4nc(Cl)ccc4C3=O)cc21. The Morgan fingerprint density at radius 3 is 2.80 bits per heavy atom. The number of fused-ring (bicyclic) bond motifs is 2. The van der Waals surface area contributed by atoms with E-state index in [4.69, 9.17) is 11.6 Å². The molecule has 1 N–H and O–H groups in total. The number of Topliss-reactive ketones (excluding diaryl/α,β-unsaturated/α-hetero) is 2. The number of nitrogens with one attached hydrogen (secondary N) is 1. The van der Waals surface area contributed by atoms with Crippen LogP contribution in [0, 0.1) is 5.92 Å². The minimum Gasteiger partial charge on any atom is -0.325 e. The zero-order valence-electron chi connectivity index (χ0n) is 13.6. The number of aryl methyl sites for hydroxylation is 2. The first-order chi connectivity index (χ1) is 12.0. The lowest BCUT2D eigenvalue weighted by molar-refractivity contribution is 0.0899. The molecule has 0 bridgehead atoms. The number of hydrogen-bond donors (Lipinski definition) is 1. The molecule has 0 saturated carbocycles. The van der Waals surface area contributed by atoms with Gasteiger partial charge in [0.15, 0.2) is 11.6 Å². The van der Waals surface area contributed by atoms with Crippen LogP contribution in [0.15, 0.2) is 23.0 Å². The minimum atomic E-state index is -0.270. The molecule has 2 aromatic heterocycles. The average Bonchev–Trinajstić information content (AvgIpc) is 2.58. The van der Waals surface area contributed by atoms with Gasteiger partial charge in [-0.15, -0.1) is 0 Å². The zero-order chi connectivity index (χ0) is 17.6. The van der Waals surface area contributed by atoms with Crippen molar-refractivity contribution in [1.29, 1.82) is 0 Å². The van der Waals surface area contributed by atoms with Crippen LogP contribution in [0.3, 0.4) is 0 Å². The fourth-order valence-electron chi connectivity index (χ4n) is 3.78. The van der Waals surface area contributed by atoms with Gasteiger partial charge < -0.3 is 4.98 Å². The lowest BCUT2D eigenvalue weighted by Crippen LogP contribution is -2.29. The predicted octanol–water partition coefficient (Wildman–Crippen LogP) is 2.93. The predicted molar refractivity (Wildman–Crippen MR) is 93.4 cm³/mol. The van der Waals surface area contributed by atoms with Gasteiger partial charge >= 0.3 is 0 Å². The summed E-state index contributed by atoms with van der Waals surface area (Å²) in [6, 6.07) is 5.02. The molecule has 25 heavy (non-hydrogen) atoms. The Labute approximate surface area is 149 Å². The van der Waals surface area contributed by atoms with Gasteiger partial charge in [-0.25, -0.2) is 4.98 Å². The van der Waals surface area contributed by atoms with Crippen LogP contribution in [0.4, 0.5) is 0 Å². The maximum absolute atomic E-state index is 12.7. The van der Waals surface area contributed by atoms with E-state index in [0.29, 0.717) is 47.5 Å². The van der Waals surface area contributed by atoms with E-state index in [1.807, 2.05) is 0 Å². The van der Waals surface area contributed by atoms with Gasteiger partial charge in [-0.2, -0.15) is 0 Å². The largest absolute Gasteiger partial charge is 0.325 e. The van der Waals surface area contributed by atoms with E-state index in [1.54, 1.807) is 18.2 Å². The summed E-state index contributed by atoms with van der Waals surface area (Å²) in [6.45, 7) is 0. The molecule has 0 aromatic carbocycles. The molecule has 0 saturated heterocycles. The molecule has 2 aliphatic carbocycles. The van der Waals surface area contributed by atoms with Gasteiger partial charge in [0.1, 0.15) is 5.15 Å². The quantitative estimate of drug-likeness (QED) is 0.839. The summed E-state index contributed by atoms with van der Waals surface area (Å²) < 4.78 is 0. The van der Waals surface area contributed by atoms with E-state index in [-0.39, 0.29) is 23.0 Å². The summed E-state index contributed by atoms with van der Waals surface area (Å²) in [5.74, 6) is -0.208. The smallest absolute Gasteiger partial charge is 0.251 e. The molecular formula is C19H17ClN2O3. The second kappa shape index (κ2) is 6.23. The highest BCUT2D eigenvalue weighted by molar-refractivity contribution is 6.29. The first-order valence-corrected chi connectivity index (χ1v) is 8.88. The third kappa shape index (κ3) is 2.93. The molecule has 0 radical (unpaired) electrons. The second-order valence-corrected chi connectivity index (χ2v) is 7.11. The number of carbonyl (C=O) groups is 2. The van der Waals surface area contributed by atoms with Crippen LogP contribution < -0.4 is 5.56 Å². The van der Waals surface area contributed by atoms with Crippen LogP contribution in [0.5, 0.6) is 0 Å². The van der Waals surface area contributed by atoms with Gasteiger partial charge in [0, 0.05) is 34.7 Å². The summed E-state index contributed by atoms with van der Waals surface area (Å²) >= 11 is 5.89. The molecule has 0 fully saturated rings. The molecule has 128 valence electrons. The Bertz CT molecular complexity index is 948. The van der Waals surface area contributed by atoms with Crippen LogP contribution in [0.2, 0.25) is 5.15 Å². The second-order valence-electron chi connectivity index (χ2n) is 6.72. The topological polar surface area (TPSA) is 79.9 Å². The molecule has 0 aliphatic heterocycles. The van der Waals surface area contributed by atoms with Gasteiger partial charge in [0.2, 0.25) is 0 Å². The Kier molecular flexibility index (Phi) is 4.04. The van der Waals surface area contributed by atoms with Crippen molar-refractivity contribution in [3.63, 3.8) is 0 Å². The highest BCUT2D eigenvalue weighted by Gasteiger charge is 2.30. The van der Waals surface area contributed by atoms with E-state index < -0.39 is 0 Å². The number of carbonyl (C=O) groups excluding carboxylic acids is 2. The van der Waals surface area contributed by atoms with Crippen molar-refractivity contribution in [2.24, 2.45) is 5.92 Å². The molecule has 5 nitrogen and oxygen atoms in total. The van der Waals surface area contributed by atoms with Gasteiger partial charge in [-0.3, -0.25) is 14.4 Å². The zero-order valence-corrected chi connectivity index (χ0v) is 14.4. The summed E-state index contributed by atoms with van der Waals surface area (Å²) in [4.78, 5) is 44.2. The van der Waals surface area contributed by atoms with E-state index in [1.165, 1.54) is 0 Å². The molecule has 6 heteroatoms. The van der Waals surface area contributed by atoms with Crippen LogP contribution in [-0.2, 0) is 19.3 Å². The highest BCUT2D eigenvalue weighted by atomic mass is 35.5. The molecule has 2 aromatic rings. The first-order valence-electron chi connectivity index (χ1n) is 8.51. The van der Waals surface area contributed by atoms with Crippen LogP contribution in [0.1, 0.15) is 56.9 Å². The van der Waals surface area contributed by atoms with Crippen LogP contribution in [0.25, 0.3) is 0 Å². The molecule has 0 amide bonds. The van der Waals surface area contributed by atoms with Crippen molar-refractivity contribution in [1.82, 2.24) is 9.97 Å². The van der Waals surface area contributed by atoms with Crippen molar-refractivity contribution in [2.75, 3.05) is 0 Å². The average molecular weight is 357 g/mol. The number of halogens is 1. The summed E-state index contributed by atoms with van der Waals surface area (Å²) in [6.07, 6.45) is 3.64. The fraction of sp³-hybridized carbons (Fsp3) is 0.368. The van der Waals surface area contributed by atoms with Crippen molar-refractivity contribution in [3.05, 3.63) is 61.8 Å². The monoisotopic (exact) mass is 356 g/mol. The van der Waals surface area contributed by atoms with Crippen molar-refractivity contribution in [2.45, 2.75) is 38.5 Å². The van der Waals surface area contributed by atoms with E-state index >= 15 is 0 Å². The third-order valence-electron chi connectivity index (χ3n) is 5.10. The number of nitrogens with zero attached hydrogens (tertiary/aromatic N) is 1. The van der Waals surface area contributed by atoms with Crippen LogP contribution in [-0.4, -0.2) is 21.5 Å². The summed E-state index contributed by atoms with van der Waals surface area (Å²) in [7, 11) is 0. The van der Waals surface area contributed by atoms with Crippen molar-refractivity contribution >= 4 is 23.2 Å². The lowest BCUT2D eigenvalue weighted by Gasteiger charge is -2.23. The number of ketones is 2. The van der Waals surface area contributed by atoms with E-state index in [2.05, 4.69) is 9.97 Å². The van der Waals surface area contributed by atoms with Crippen molar-refractivity contribution < 1.29 is 9.59 Å². The Balaban J connectivity index is 1.64. The first kappa shape index (κ1) is 16.2. The Hall–Kier alpha value is -2.27. The van der Waals surface area contributed by atoms with E-state index in [0.717, 1.165) is 24.2 Å². The number of rotatable bonds is 2. The standard InChI is InChI=1S/C19H17ClN2O3/c20-17-7-5-12-15(21-17)6-4-10(18(12)24)8-11-9-13-14(22-19(11)25)2-1-3-16(13)23/h5,7,9-10H,1-4,6,8H2,(H,22,25)/t10-/m1/s1. The maximum Gasteiger partial charge on any atom is 0.251 e. The molecule has 0 spiro atoms.